The third kappa shape index (κ3) is 3.03. The van der Waals surface area contributed by atoms with E-state index in [1.165, 1.54) is 18.6 Å². The Balaban J connectivity index is 2.06. The maximum Gasteiger partial charge on any atom is 0.416 e. The van der Waals surface area contributed by atoms with E-state index in [1.54, 1.807) is 0 Å². The third-order valence-electron chi connectivity index (χ3n) is 3.42. The lowest BCUT2D eigenvalue weighted by atomic mass is 9.91. The number of rotatable bonds is 4. The minimum Gasteiger partial charge on any atom is -0.329 e. The van der Waals surface area contributed by atoms with Crippen molar-refractivity contribution in [3.63, 3.8) is 0 Å². The van der Waals surface area contributed by atoms with Gasteiger partial charge in [-0.3, -0.25) is 0 Å². The number of nitrogens with one attached hydrogen (secondary N) is 1. The standard InChI is InChI=1S/C13H17F3N2/c14-13(15,16)10-6-4-9(5-7-10)12(8-17)18-11-2-1-3-11/h4-7,11-12,18H,1-3,8,17H2. The summed E-state index contributed by atoms with van der Waals surface area (Å²) < 4.78 is 37.3. The van der Waals surface area contributed by atoms with Crippen molar-refractivity contribution in [2.24, 2.45) is 5.73 Å². The summed E-state index contributed by atoms with van der Waals surface area (Å²) in [7, 11) is 0. The monoisotopic (exact) mass is 258 g/mol. The number of alkyl halides is 3. The first-order chi connectivity index (χ1) is 8.50. The zero-order valence-corrected chi connectivity index (χ0v) is 10.0. The molecule has 2 rings (SSSR count). The summed E-state index contributed by atoms with van der Waals surface area (Å²) in [6.45, 7) is 0.391. The number of nitrogens with two attached hydrogens (primary N) is 1. The van der Waals surface area contributed by atoms with Gasteiger partial charge in [-0.15, -0.1) is 0 Å². The van der Waals surface area contributed by atoms with Gasteiger partial charge in [0.05, 0.1) is 5.56 Å². The van der Waals surface area contributed by atoms with E-state index in [4.69, 9.17) is 5.73 Å². The molecular weight excluding hydrogens is 241 g/mol. The largest absolute Gasteiger partial charge is 0.416 e. The molecule has 0 heterocycles. The van der Waals surface area contributed by atoms with E-state index in [0.29, 0.717) is 12.6 Å². The molecule has 0 spiro atoms. The first kappa shape index (κ1) is 13.4. The molecule has 0 aromatic heterocycles. The van der Waals surface area contributed by atoms with Gasteiger partial charge in [0.15, 0.2) is 0 Å². The molecule has 1 aliphatic rings. The van der Waals surface area contributed by atoms with Crippen molar-refractivity contribution >= 4 is 0 Å². The highest BCUT2D eigenvalue weighted by molar-refractivity contribution is 5.27. The quantitative estimate of drug-likeness (QED) is 0.871. The van der Waals surface area contributed by atoms with Crippen molar-refractivity contribution in [1.82, 2.24) is 5.32 Å². The Labute approximate surface area is 104 Å². The number of hydrogen-bond donors (Lipinski definition) is 2. The fourth-order valence-corrected chi connectivity index (χ4v) is 2.06. The molecule has 1 aromatic carbocycles. The first-order valence-electron chi connectivity index (χ1n) is 6.14. The summed E-state index contributed by atoms with van der Waals surface area (Å²) in [4.78, 5) is 0. The molecule has 1 fully saturated rings. The molecule has 1 unspecified atom stereocenters. The molecule has 1 atom stereocenters. The van der Waals surface area contributed by atoms with Gasteiger partial charge in [-0.1, -0.05) is 18.6 Å². The van der Waals surface area contributed by atoms with Gasteiger partial charge in [0, 0.05) is 18.6 Å². The Hall–Kier alpha value is -1.07. The van der Waals surface area contributed by atoms with Gasteiger partial charge in [-0.25, -0.2) is 0 Å². The van der Waals surface area contributed by atoms with Crippen LogP contribution in [0.5, 0.6) is 0 Å². The fraction of sp³-hybridized carbons (Fsp3) is 0.538. The molecular formula is C13H17F3N2. The molecule has 18 heavy (non-hydrogen) atoms. The van der Waals surface area contributed by atoms with Crippen LogP contribution >= 0.6 is 0 Å². The highest BCUT2D eigenvalue weighted by atomic mass is 19.4. The molecule has 100 valence electrons. The van der Waals surface area contributed by atoms with Gasteiger partial charge in [-0.2, -0.15) is 13.2 Å². The fourth-order valence-electron chi connectivity index (χ4n) is 2.06. The van der Waals surface area contributed by atoms with Gasteiger partial charge in [0.2, 0.25) is 0 Å². The summed E-state index contributed by atoms with van der Waals surface area (Å²) >= 11 is 0. The Kier molecular flexibility index (Phi) is 3.92. The highest BCUT2D eigenvalue weighted by Crippen LogP contribution is 2.30. The van der Waals surface area contributed by atoms with Gasteiger partial charge in [0.1, 0.15) is 0 Å². The average molecular weight is 258 g/mol. The summed E-state index contributed by atoms with van der Waals surface area (Å²) in [5, 5.41) is 3.37. The smallest absolute Gasteiger partial charge is 0.329 e. The van der Waals surface area contributed by atoms with Crippen LogP contribution in [0, 0.1) is 0 Å². The third-order valence-corrected chi connectivity index (χ3v) is 3.42. The number of benzene rings is 1. The van der Waals surface area contributed by atoms with Crippen LogP contribution in [0.25, 0.3) is 0 Å². The Morgan fingerprint density at radius 3 is 2.22 bits per heavy atom. The lowest BCUT2D eigenvalue weighted by Crippen LogP contribution is -2.40. The second kappa shape index (κ2) is 5.28. The summed E-state index contributed by atoms with van der Waals surface area (Å²) in [5.74, 6) is 0. The highest BCUT2D eigenvalue weighted by Gasteiger charge is 2.30. The van der Waals surface area contributed by atoms with Crippen LogP contribution in [-0.2, 0) is 6.18 Å². The minimum atomic E-state index is -4.28. The average Bonchev–Trinajstić information content (AvgIpc) is 2.27. The predicted molar refractivity (Wildman–Crippen MR) is 64.0 cm³/mol. The van der Waals surface area contributed by atoms with Crippen molar-refractivity contribution in [3.05, 3.63) is 35.4 Å². The van der Waals surface area contributed by atoms with Crippen LogP contribution in [-0.4, -0.2) is 12.6 Å². The maximum atomic E-state index is 12.4. The molecule has 1 saturated carbocycles. The molecule has 1 aliphatic carbocycles. The summed E-state index contributed by atoms with van der Waals surface area (Å²) in [5.41, 5.74) is 5.87. The molecule has 0 bridgehead atoms. The van der Waals surface area contributed by atoms with Crippen LogP contribution in [0.3, 0.4) is 0 Å². The molecule has 2 nitrogen and oxygen atoms in total. The van der Waals surface area contributed by atoms with Gasteiger partial charge in [-0.05, 0) is 30.5 Å². The Bertz CT molecular complexity index is 382. The van der Waals surface area contributed by atoms with E-state index >= 15 is 0 Å². The summed E-state index contributed by atoms with van der Waals surface area (Å²) in [6, 6.07) is 5.64. The zero-order chi connectivity index (χ0) is 13.2. The van der Waals surface area contributed by atoms with E-state index in [-0.39, 0.29) is 6.04 Å². The molecule has 1 aromatic rings. The van der Waals surface area contributed by atoms with Crippen molar-refractivity contribution in [3.8, 4) is 0 Å². The van der Waals surface area contributed by atoms with E-state index in [2.05, 4.69) is 5.32 Å². The van der Waals surface area contributed by atoms with Crippen molar-refractivity contribution in [2.75, 3.05) is 6.54 Å². The van der Waals surface area contributed by atoms with E-state index in [0.717, 1.165) is 30.5 Å². The van der Waals surface area contributed by atoms with Crippen LogP contribution in [0.2, 0.25) is 0 Å². The van der Waals surface area contributed by atoms with Gasteiger partial charge in [0.25, 0.3) is 0 Å². The molecule has 0 aliphatic heterocycles. The van der Waals surface area contributed by atoms with E-state index < -0.39 is 11.7 Å². The normalized spacial score (nSPS) is 18.4. The van der Waals surface area contributed by atoms with Gasteiger partial charge >= 0.3 is 6.18 Å². The topological polar surface area (TPSA) is 38.0 Å². The second-order valence-electron chi connectivity index (χ2n) is 4.70. The van der Waals surface area contributed by atoms with Crippen LogP contribution in [0.1, 0.15) is 36.4 Å². The SMILES string of the molecule is NCC(NC1CCC1)c1ccc(C(F)(F)F)cc1. The lowest BCUT2D eigenvalue weighted by molar-refractivity contribution is -0.137. The molecule has 3 N–H and O–H groups in total. The van der Waals surface area contributed by atoms with E-state index in [9.17, 15) is 13.2 Å². The van der Waals surface area contributed by atoms with Crippen molar-refractivity contribution < 1.29 is 13.2 Å². The van der Waals surface area contributed by atoms with Crippen LogP contribution in [0.15, 0.2) is 24.3 Å². The van der Waals surface area contributed by atoms with Crippen molar-refractivity contribution in [2.45, 2.75) is 37.5 Å². The number of halogens is 3. The zero-order valence-electron chi connectivity index (χ0n) is 10.0. The lowest BCUT2D eigenvalue weighted by Gasteiger charge is -2.31. The molecule has 5 heteroatoms. The predicted octanol–water partition coefficient (Wildman–Crippen LogP) is 2.85. The number of hydrogen-bond acceptors (Lipinski definition) is 2. The summed E-state index contributed by atoms with van der Waals surface area (Å²) in [6.07, 6.45) is -0.825. The van der Waals surface area contributed by atoms with E-state index in [1.807, 2.05) is 0 Å². The minimum absolute atomic E-state index is 0.0578. The molecule has 0 saturated heterocycles. The van der Waals surface area contributed by atoms with Crippen LogP contribution in [0.4, 0.5) is 13.2 Å². The van der Waals surface area contributed by atoms with Gasteiger partial charge < -0.3 is 11.1 Å². The molecule has 0 radical (unpaired) electrons. The Morgan fingerprint density at radius 2 is 1.83 bits per heavy atom. The maximum absolute atomic E-state index is 12.4. The second-order valence-corrected chi connectivity index (χ2v) is 4.70. The van der Waals surface area contributed by atoms with Crippen LogP contribution < -0.4 is 11.1 Å². The first-order valence-corrected chi connectivity index (χ1v) is 6.14. The van der Waals surface area contributed by atoms with Crippen molar-refractivity contribution in [1.29, 1.82) is 0 Å². The molecule has 0 amide bonds. The Morgan fingerprint density at radius 1 is 1.22 bits per heavy atom.